The molecular weight excluding hydrogens is 528 g/mol. The van der Waals surface area contributed by atoms with E-state index in [9.17, 15) is 9.59 Å². The maximum absolute atomic E-state index is 13.8. The van der Waals surface area contributed by atoms with Crippen molar-refractivity contribution in [3.8, 4) is 22.3 Å². The highest BCUT2D eigenvalue weighted by Crippen LogP contribution is 2.39. The number of nitrogens with one attached hydrogen (secondary N) is 1. The van der Waals surface area contributed by atoms with Crippen LogP contribution in [-0.4, -0.2) is 34.7 Å². The molecule has 6 rings (SSSR count). The SMILES string of the molecule is CCCC1CCCN(C(=O)c2ccc3[nH]c(C4=CC=CCCCCC4=O)c(-c4ccc(-c5ccccc5)cc4)c3c2)CC1. The Hall–Kier alpha value is -4.18. The van der Waals surface area contributed by atoms with Crippen LogP contribution in [0.15, 0.2) is 91.0 Å². The molecule has 4 heteroatoms. The van der Waals surface area contributed by atoms with E-state index in [1.807, 2.05) is 41.3 Å². The number of carbonyl (C=O) groups is 2. The number of carbonyl (C=O) groups excluding carboxylic acids is 2. The van der Waals surface area contributed by atoms with Crippen molar-refractivity contribution < 1.29 is 9.59 Å². The Labute approximate surface area is 255 Å². The average molecular weight is 571 g/mol. The van der Waals surface area contributed by atoms with Crippen LogP contribution in [0.5, 0.6) is 0 Å². The maximum atomic E-state index is 13.8. The van der Waals surface area contributed by atoms with Gasteiger partial charge in [0.2, 0.25) is 0 Å². The summed E-state index contributed by atoms with van der Waals surface area (Å²) in [6, 6.07) is 24.9. The molecule has 1 fully saturated rings. The van der Waals surface area contributed by atoms with Crippen molar-refractivity contribution in [2.45, 2.75) is 64.7 Å². The summed E-state index contributed by atoms with van der Waals surface area (Å²) in [6.07, 6.45) is 15.4. The number of aromatic nitrogens is 1. The van der Waals surface area contributed by atoms with Gasteiger partial charge in [-0.1, -0.05) is 86.5 Å². The lowest BCUT2D eigenvalue weighted by Gasteiger charge is -2.21. The Morgan fingerprint density at radius 3 is 2.49 bits per heavy atom. The van der Waals surface area contributed by atoms with Gasteiger partial charge in [0.1, 0.15) is 0 Å². The number of H-pyrrole nitrogens is 1. The standard InChI is InChI=1S/C39H42N2O2/c1-2-12-28-13-11-25-41(26-24-28)39(43)32-22-23-35-34(27-32)37(31-20-18-30(19-21-31)29-14-7-6-8-15-29)38(40-35)33-16-9-4-3-5-10-17-36(33)42/h4,6-9,14-16,18-23,27-28,40H,2-3,5,10-13,17,24-26H2,1H3. The zero-order valence-corrected chi connectivity index (χ0v) is 25.3. The van der Waals surface area contributed by atoms with Gasteiger partial charge in [-0.25, -0.2) is 0 Å². The topological polar surface area (TPSA) is 53.2 Å². The van der Waals surface area contributed by atoms with Crippen molar-refractivity contribution in [3.05, 3.63) is 102 Å². The number of hydrogen-bond acceptors (Lipinski definition) is 2. The molecule has 1 N–H and O–H groups in total. The second kappa shape index (κ2) is 13.4. The van der Waals surface area contributed by atoms with E-state index in [0.717, 1.165) is 84.4 Å². The smallest absolute Gasteiger partial charge is 0.253 e. The first-order valence-electron chi connectivity index (χ1n) is 16.1. The van der Waals surface area contributed by atoms with Crippen LogP contribution < -0.4 is 0 Å². The Bertz CT molecular complexity index is 1640. The number of likely N-dealkylation sites (tertiary alicyclic amines) is 1. The molecule has 3 aromatic carbocycles. The number of Topliss-reactive ketones (excluding diaryl/α,β-unsaturated/α-hetero) is 1. The number of amides is 1. The third kappa shape index (κ3) is 6.44. The van der Waals surface area contributed by atoms with Gasteiger partial charge < -0.3 is 9.88 Å². The number of allylic oxidation sites excluding steroid dienone is 4. The molecule has 1 aliphatic carbocycles. The van der Waals surface area contributed by atoms with Crippen molar-refractivity contribution in [1.29, 1.82) is 0 Å². The minimum Gasteiger partial charge on any atom is -0.354 e. The van der Waals surface area contributed by atoms with Gasteiger partial charge in [-0.3, -0.25) is 9.59 Å². The van der Waals surface area contributed by atoms with E-state index in [-0.39, 0.29) is 11.7 Å². The van der Waals surface area contributed by atoms with Crippen LogP contribution >= 0.6 is 0 Å². The first kappa shape index (κ1) is 28.9. The largest absolute Gasteiger partial charge is 0.354 e. The third-order valence-corrected chi connectivity index (χ3v) is 9.15. The molecule has 1 atom stereocenters. The van der Waals surface area contributed by atoms with E-state index in [0.29, 0.717) is 17.6 Å². The molecule has 43 heavy (non-hydrogen) atoms. The number of ketones is 1. The van der Waals surface area contributed by atoms with Crippen LogP contribution in [-0.2, 0) is 4.79 Å². The number of nitrogens with zero attached hydrogens (tertiary/aromatic N) is 1. The molecule has 4 nitrogen and oxygen atoms in total. The minimum atomic E-state index is 0.104. The van der Waals surface area contributed by atoms with Gasteiger partial charge >= 0.3 is 0 Å². The third-order valence-electron chi connectivity index (χ3n) is 9.15. The van der Waals surface area contributed by atoms with Crippen molar-refractivity contribution >= 4 is 28.2 Å². The van der Waals surface area contributed by atoms with Gasteiger partial charge in [0.15, 0.2) is 5.78 Å². The van der Waals surface area contributed by atoms with Crippen LogP contribution in [0.1, 0.15) is 80.8 Å². The number of aromatic amines is 1. The summed E-state index contributed by atoms with van der Waals surface area (Å²) >= 11 is 0. The van der Waals surface area contributed by atoms with Gasteiger partial charge in [-0.15, -0.1) is 0 Å². The fourth-order valence-corrected chi connectivity index (χ4v) is 6.79. The average Bonchev–Trinajstić information content (AvgIpc) is 3.31. The zero-order valence-electron chi connectivity index (χ0n) is 25.3. The lowest BCUT2D eigenvalue weighted by atomic mass is 9.93. The van der Waals surface area contributed by atoms with Crippen LogP contribution in [0.2, 0.25) is 0 Å². The Morgan fingerprint density at radius 2 is 1.67 bits per heavy atom. The molecule has 1 unspecified atom stereocenters. The first-order chi connectivity index (χ1) is 21.1. The zero-order chi connectivity index (χ0) is 29.6. The number of hydrogen-bond donors (Lipinski definition) is 1. The molecule has 1 amide bonds. The number of fused-ring (bicyclic) bond motifs is 1. The molecule has 0 bridgehead atoms. The van der Waals surface area contributed by atoms with E-state index in [1.165, 1.54) is 24.8 Å². The monoisotopic (exact) mass is 570 g/mol. The van der Waals surface area contributed by atoms with E-state index in [1.54, 1.807) is 0 Å². The van der Waals surface area contributed by atoms with E-state index >= 15 is 0 Å². The minimum absolute atomic E-state index is 0.104. The quantitative estimate of drug-likeness (QED) is 0.251. The van der Waals surface area contributed by atoms with Crippen LogP contribution in [0.3, 0.4) is 0 Å². The molecule has 2 heterocycles. The highest BCUT2D eigenvalue weighted by Gasteiger charge is 2.25. The fraction of sp³-hybridized carbons (Fsp3) is 0.333. The maximum Gasteiger partial charge on any atom is 0.253 e. The van der Waals surface area contributed by atoms with E-state index in [2.05, 4.69) is 66.5 Å². The second-order valence-corrected chi connectivity index (χ2v) is 12.1. The summed E-state index contributed by atoms with van der Waals surface area (Å²) in [6.45, 7) is 3.89. The van der Waals surface area contributed by atoms with E-state index in [4.69, 9.17) is 0 Å². The number of rotatable bonds is 6. The van der Waals surface area contributed by atoms with Crippen LogP contribution in [0.4, 0.5) is 0 Å². The van der Waals surface area contributed by atoms with Crippen LogP contribution in [0, 0.1) is 5.92 Å². The van der Waals surface area contributed by atoms with Crippen molar-refractivity contribution in [2.24, 2.45) is 5.92 Å². The number of benzene rings is 3. The lowest BCUT2D eigenvalue weighted by Crippen LogP contribution is -2.32. The molecule has 0 radical (unpaired) electrons. The van der Waals surface area contributed by atoms with Crippen molar-refractivity contribution in [1.82, 2.24) is 9.88 Å². The van der Waals surface area contributed by atoms with Gasteiger partial charge in [-0.05, 0) is 85.4 Å². The predicted molar refractivity (Wildman–Crippen MR) is 178 cm³/mol. The Morgan fingerprint density at radius 1 is 0.884 bits per heavy atom. The van der Waals surface area contributed by atoms with Gasteiger partial charge in [0.25, 0.3) is 5.91 Å². The molecule has 1 saturated heterocycles. The van der Waals surface area contributed by atoms with E-state index < -0.39 is 0 Å². The van der Waals surface area contributed by atoms with Crippen molar-refractivity contribution in [3.63, 3.8) is 0 Å². The predicted octanol–water partition coefficient (Wildman–Crippen LogP) is 9.63. The molecule has 0 spiro atoms. The van der Waals surface area contributed by atoms with Crippen molar-refractivity contribution in [2.75, 3.05) is 13.1 Å². The molecule has 4 aromatic rings. The fourth-order valence-electron chi connectivity index (χ4n) is 6.79. The molecular formula is C39H42N2O2. The first-order valence-corrected chi connectivity index (χ1v) is 16.1. The summed E-state index contributed by atoms with van der Waals surface area (Å²) in [4.78, 5) is 33.0. The molecule has 1 aromatic heterocycles. The lowest BCUT2D eigenvalue weighted by molar-refractivity contribution is -0.113. The highest BCUT2D eigenvalue weighted by molar-refractivity contribution is 6.24. The second-order valence-electron chi connectivity index (χ2n) is 12.1. The van der Waals surface area contributed by atoms with Gasteiger partial charge in [0.05, 0.1) is 5.69 Å². The van der Waals surface area contributed by atoms with Crippen LogP contribution in [0.25, 0.3) is 38.7 Å². The van der Waals surface area contributed by atoms with Gasteiger partial charge in [0, 0.05) is 47.1 Å². The summed E-state index contributed by atoms with van der Waals surface area (Å²) in [5.41, 5.74) is 7.51. The normalized spacial score (nSPS) is 18.1. The molecule has 1 aliphatic heterocycles. The summed E-state index contributed by atoms with van der Waals surface area (Å²) < 4.78 is 0. The summed E-state index contributed by atoms with van der Waals surface area (Å²) in [5.74, 6) is 0.978. The molecule has 220 valence electrons. The summed E-state index contributed by atoms with van der Waals surface area (Å²) in [7, 11) is 0. The van der Waals surface area contributed by atoms with Gasteiger partial charge in [-0.2, -0.15) is 0 Å². The molecule has 0 saturated carbocycles. The Kier molecular flexibility index (Phi) is 9.02. The molecule has 2 aliphatic rings. The highest BCUT2D eigenvalue weighted by atomic mass is 16.2. The summed E-state index contributed by atoms with van der Waals surface area (Å²) in [5, 5.41) is 0.976. The Balaban J connectivity index is 1.43.